The molecule has 6 atom stereocenters. The summed E-state index contributed by atoms with van der Waals surface area (Å²) in [7, 11) is 0. The highest BCUT2D eigenvalue weighted by Crippen LogP contribution is 2.59. The van der Waals surface area contributed by atoms with E-state index in [9.17, 15) is 24.3 Å². The fourth-order valence-electron chi connectivity index (χ4n) is 7.18. The van der Waals surface area contributed by atoms with Crippen LogP contribution in [0.2, 0.25) is 0 Å². The summed E-state index contributed by atoms with van der Waals surface area (Å²) in [6, 6.07) is 8.22. The molecule has 0 unspecified atom stereocenters. The number of unbranched alkanes of at least 4 members (excludes halogenated alkanes) is 3. The first-order valence-corrected chi connectivity index (χ1v) is 16.3. The zero-order chi connectivity index (χ0) is 32.6. The van der Waals surface area contributed by atoms with Crippen LogP contribution in [0.3, 0.4) is 0 Å². The molecule has 0 saturated carbocycles. The number of fused-ring (bicyclic) bond motifs is 1. The van der Waals surface area contributed by atoms with Gasteiger partial charge in [-0.15, -0.1) is 13.2 Å². The third-order valence-electron chi connectivity index (χ3n) is 9.34. The molecular formula is C35H49N3O7. The smallest absolute Gasteiger partial charge is 0.313 e. The molecule has 10 nitrogen and oxygen atoms in total. The van der Waals surface area contributed by atoms with Gasteiger partial charge in [0, 0.05) is 32.2 Å². The summed E-state index contributed by atoms with van der Waals surface area (Å²) >= 11 is 0. The number of rotatable bonds is 18. The molecule has 3 heterocycles. The standard InChI is InChI=1S/C35H49N3O7/c1-5-7-17-28(40)36-23-27(25-15-11-10-12-16-25)44-34(43)29-26-18-19-35(45-26)30(29)32(41)38(21-13-8-9-14-22-39)31(35)33(42)37(20-6-2)24(3)4/h5-6,10-12,15-16,24,26-27,29-31,39H,1-2,7-9,13-14,17-23H2,3-4H3,(H,36,40)/t26-,27-,29+,30+,31-,35+/m1/s1. The summed E-state index contributed by atoms with van der Waals surface area (Å²) < 4.78 is 12.7. The number of aliphatic hydroxyl groups is 1. The molecule has 3 aliphatic heterocycles. The number of carbonyl (C=O) groups is 4. The normalized spacial score (nSPS) is 25.6. The zero-order valence-corrected chi connectivity index (χ0v) is 26.7. The Morgan fingerprint density at radius 1 is 1.16 bits per heavy atom. The number of nitrogens with one attached hydrogen (secondary N) is 1. The van der Waals surface area contributed by atoms with E-state index >= 15 is 0 Å². The summed E-state index contributed by atoms with van der Waals surface area (Å²) in [4.78, 5) is 58.3. The van der Waals surface area contributed by atoms with Gasteiger partial charge in [-0.25, -0.2) is 0 Å². The molecule has 3 amide bonds. The minimum Gasteiger partial charge on any atom is -0.455 e. The zero-order valence-electron chi connectivity index (χ0n) is 26.7. The number of allylic oxidation sites excluding steroid dienone is 1. The number of amides is 3. The lowest BCUT2D eigenvalue weighted by Crippen LogP contribution is -2.57. The molecule has 0 radical (unpaired) electrons. The van der Waals surface area contributed by atoms with Gasteiger partial charge in [0.05, 0.1) is 24.5 Å². The first-order valence-electron chi connectivity index (χ1n) is 16.3. The summed E-state index contributed by atoms with van der Waals surface area (Å²) in [6.07, 6.45) is 6.86. The van der Waals surface area contributed by atoms with Crippen LogP contribution in [0.15, 0.2) is 55.6 Å². The molecule has 2 bridgehead atoms. The number of hydrogen-bond donors (Lipinski definition) is 2. The van der Waals surface area contributed by atoms with E-state index in [1.54, 1.807) is 22.0 Å². The minimum atomic E-state index is -1.12. The first kappa shape index (κ1) is 34.4. The molecule has 1 aromatic carbocycles. The maximum absolute atomic E-state index is 14.3. The van der Waals surface area contributed by atoms with Gasteiger partial charge in [0.1, 0.15) is 17.7 Å². The number of likely N-dealkylation sites (tertiary alicyclic amines) is 1. The maximum Gasteiger partial charge on any atom is 0.313 e. The highest BCUT2D eigenvalue weighted by atomic mass is 16.6. The molecule has 0 aromatic heterocycles. The van der Waals surface area contributed by atoms with E-state index in [0.717, 1.165) is 18.4 Å². The van der Waals surface area contributed by atoms with Crippen molar-refractivity contribution in [2.45, 2.75) is 95.1 Å². The van der Waals surface area contributed by atoms with E-state index in [-0.39, 0.29) is 43.3 Å². The van der Waals surface area contributed by atoms with Gasteiger partial charge in [-0.05, 0) is 51.5 Å². The van der Waals surface area contributed by atoms with Crippen molar-refractivity contribution in [2.24, 2.45) is 11.8 Å². The largest absolute Gasteiger partial charge is 0.455 e. The fourth-order valence-corrected chi connectivity index (χ4v) is 7.18. The van der Waals surface area contributed by atoms with Crippen LogP contribution in [-0.4, -0.2) is 88.6 Å². The van der Waals surface area contributed by atoms with Crippen molar-refractivity contribution in [3.63, 3.8) is 0 Å². The number of ether oxygens (including phenoxy) is 2. The number of esters is 1. The summed E-state index contributed by atoms with van der Waals surface area (Å²) in [5.41, 5.74) is -0.399. The molecule has 3 aliphatic rings. The highest BCUT2D eigenvalue weighted by molar-refractivity contribution is 5.98. The van der Waals surface area contributed by atoms with Gasteiger partial charge >= 0.3 is 5.97 Å². The Kier molecular flexibility index (Phi) is 12.0. The Balaban J connectivity index is 1.60. The average molecular weight is 624 g/mol. The van der Waals surface area contributed by atoms with Crippen LogP contribution in [0, 0.1) is 11.8 Å². The van der Waals surface area contributed by atoms with Crippen molar-refractivity contribution >= 4 is 23.7 Å². The SMILES string of the molecule is C=CCCC(=O)NC[C@@H](OC(=O)[C@@H]1[C@H]2C(=O)N(CCCCCCO)[C@H](C(=O)N(CC=C)C(C)C)[C@]23CC[C@H]1O3)c1ccccc1. The van der Waals surface area contributed by atoms with Crippen molar-refractivity contribution < 1.29 is 33.8 Å². The van der Waals surface area contributed by atoms with Crippen LogP contribution in [0.5, 0.6) is 0 Å². The molecule has 3 saturated heterocycles. The molecule has 246 valence electrons. The quantitative estimate of drug-likeness (QED) is 0.145. The Morgan fingerprint density at radius 2 is 1.89 bits per heavy atom. The fraction of sp³-hybridized carbons (Fsp3) is 0.600. The van der Waals surface area contributed by atoms with Crippen molar-refractivity contribution in [2.75, 3.05) is 26.2 Å². The van der Waals surface area contributed by atoms with Crippen LogP contribution >= 0.6 is 0 Å². The van der Waals surface area contributed by atoms with Gasteiger partial charge in [0.2, 0.25) is 17.7 Å². The third kappa shape index (κ3) is 7.33. The van der Waals surface area contributed by atoms with E-state index < -0.39 is 41.7 Å². The molecule has 2 N–H and O–H groups in total. The summed E-state index contributed by atoms with van der Waals surface area (Å²) in [6.45, 7) is 12.2. The topological polar surface area (TPSA) is 125 Å². The second kappa shape index (κ2) is 15.7. The number of benzene rings is 1. The Morgan fingerprint density at radius 3 is 2.56 bits per heavy atom. The van der Waals surface area contributed by atoms with Crippen LogP contribution in [0.25, 0.3) is 0 Å². The molecule has 0 aliphatic carbocycles. The number of aliphatic hydroxyl groups excluding tert-OH is 1. The van der Waals surface area contributed by atoms with Crippen molar-refractivity contribution in [1.82, 2.24) is 15.1 Å². The van der Waals surface area contributed by atoms with Gasteiger partial charge in [0.25, 0.3) is 0 Å². The Labute approximate surface area is 266 Å². The second-order valence-corrected chi connectivity index (χ2v) is 12.6. The van der Waals surface area contributed by atoms with Gasteiger partial charge in [0.15, 0.2) is 0 Å². The monoisotopic (exact) mass is 623 g/mol. The van der Waals surface area contributed by atoms with Crippen LogP contribution in [0.4, 0.5) is 0 Å². The number of hydrogen-bond acceptors (Lipinski definition) is 7. The lowest BCUT2D eigenvalue weighted by atomic mass is 9.70. The van der Waals surface area contributed by atoms with E-state index in [2.05, 4.69) is 18.5 Å². The van der Waals surface area contributed by atoms with E-state index in [4.69, 9.17) is 9.47 Å². The van der Waals surface area contributed by atoms with Crippen molar-refractivity contribution in [3.05, 3.63) is 61.2 Å². The minimum absolute atomic E-state index is 0.0830. The van der Waals surface area contributed by atoms with Gasteiger partial charge in [-0.1, -0.05) is 55.3 Å². The highest BCUT2D eigenvalue weighted by Gasteiger charge is 2.75. The maximum atomic E-state index is 14.3. The molecule has 10 heteroatoms. The first-order chi connectivity index (χ1) is 21.7. The lowest BCUT2D eigenvalue weighted by molar-refractivity contribution is -0.160. The summed E-state index contributed by atoms with van der Waals surface area (Å²) in [5, 5.41) is 12.0. The van der Waals surface area contributed by atoms with Gasteiger partial charge < -0.3 is 29.7 Å². The molecule has 3 fully saturated rings. The lowest BCUT2D eigenvalue weighted by Gasteiger charge is -2.38. The van der Waals surface area contributed by atoms with Crippen LogP contribution < -0.4 is 5.32 Å². The average Bonchev–Trinajstić information content (AvgIpc) is 3.68. The molecule has 1 spiro atoms. The molecule has 4 rings (SSSR count). The van der Waals surface area contributed by atoms with Crippen LogP contribution in [-0.2, 0) is 28.7 Å². The van der Waals surface area contributed by atoms with Crippen LogP contribution in [0.1, 0.15) is 76.9 Å². The van der Waals surface area contributed by atoms with Crippen molar-refractivity contribution in [3.8, 4) is 0 Å². The van der Waals surface area contributed by atoms with Gasteiger partial charge in [-0.2, -0.15) is 0 Å². The van der Waals surface area contributed by atoms with E-state index in [1.165, 1.54) is 0 Å². The third-order valence-corrected chi connectivity index (χ3v) is 9.34. The molecule has 1 aromatic rings. The summed E-state index contributed by atoms with van der Waals surface area (Å²) in [5.74, 6) is -2.89. The predicted octanol–water partition coefficient (Wildman–Crippen LogP) is 3.70. The number of nitrogens with zero attached hydrogens (tertiary/aromatic N) is 2. The molecule has 45 heavy (non-hydrogen) atoms. The van der Waals surface area contributed by atoms with E-state index in [1.807, 2.05) is 44.2 Å². The van der Waals surface area contributed by atoms with E-state index in [0.29, 0.717) is 45.2 Å². The Hall–Kier alpha value is -3.50. The van der Waals surface area contributed by atoms with Crippen molar-refractivity contribution in [1.29, 1.82) is 0 Å². The Bertz CT molecular complexity index is 1220. The number of carbonyl (C=O) groups excluding carboxylic acids is 4. The second-order valence-electron chi connectivity index (χ2n) is 12.6. The predicted molar refractivity (Wildman–Crippen MR) is 170 cm³/mol. The van der Waals surface area contributed by atoms with Gasteiger partial charge in [-0.3, -0.25) is 19.2 Å². The molecular weight excluding hydrogens is 574 g/mol.